The number of nitrogens with two attached hydrogens (primary N) is 1. The van der Waals surface area contributed by atoms with Crippen molar-refractivity contribution in [3.05, 3.63) is 29.3 Å². The van der Waals surface area contributed by atoms with Crippen LogP contribution in [-0.2, 0) is 4.74 Å². The van der Waals surface area contributed by atoms with Gasteiger partial charge in [-0.2, -0.15) is 15.0 Å². The van der Waals surface area contributed by atoms with Crippen LogP contribution in [0.1, 0.15) is 72.3 Å². The molecule has 0 unspecified atom stereocenters. The first-order chi connectivity index (χ1) is 16.8. The Kier molecular flexibility index (Phi) is 7.74. The minimum atomic E-state index is -0.331. The maximum Gasteiger partial charge on any atom is 0.322 e. The molecule has 0 radical (unpaired) electrons. The van der Waals surface area contributed by atoms with Gasteiger partial charge in [0, 0.05) is 45.3 Å². The van der Waals surface area contributed by atoms with Gasteiger partial charge in [0.15, 0.2) is 5.78 Å². The van der Waals surface area contributed by atoms with Gasteiger partial charge in [-0.15, -0.1) is 0 Å². The van der Waals surface area contributed by atoms with Gasteiger partial charge in [0.2, 0.25) is 11.8 Å². The predicted molar refractivity (Wildman–Crippen MR) is 130 cm³/mol. The molecule has 2 aliphatic rings. The summed E-state index contributed by atoms with van der Waals surface area (Å²) in [6, 6.07) is 3.73. The number of hydrogen-bond acceptors (Lipinski definition) is 10. The standard InChI is InChI=1S/C24H33N7O4/c1-14(13-34-3)35-24-29-21(22(33)26-12-16-4-5-16)28-23(30-24)31-10-8-17(9-11-31)19-7-6-18(25)20(27-19)15(2)32/h6-7,14,16-17H,4-5,8-13,25H2,1-3H3,(H,26,33)/t14-/m1/s1. The van der Waals surface area contributed by atoms with Gasteiger partial charge >= 0.3 is 6.01 Å². The number of amides is 1. The number of nitrogens with one attached hydrogen (secondary N) is 1. The first-order valence-electron chi connectivity index (χ1n) is 12.1. The Morgan fingerprint density at radius 2 is 1.89 bits per heavy atom. The number of nitrogen functional groups attached to an aromatic ring is 1. The van der Waals surface area contributed by atoms with Crippen LogP contribution in [-0.4, -0.2) is 71.1 Å². The van der Waals surface area contributed by atoms with Gasteiger partial charge in [-0.25, -0.2) is 4.98 Å². The zero-order valence-electron chi connectivity index (χ0n) is 20.5. The first kappa shape index (κ1) is 24.8. The summed E-state index contributed by atoms with van der Waals surface area (Å²) in [7, 11) is 1.59. The van der Waals surface area contributed by atoms with Gasteiger partial charge in [-0.05, 0) is 50.7 Å². The average Bonchev–Trinajstić information content (AvgIpc) is 3.67. The van der Waals surface area contributed by atoms with Crippen LogP contribution in [0.4, 0.5) is 11.6 Å². The largest absolute Gasteiger partial charge is 0.458 e. The molecule has 1 amide bonds. The number of piperidine rings is 1. The Hall–Kier alpha value is -3.34. The normalized spacial score (nSPS) is 17.2. The highest BCUT2D eigenvalue weighted by Crippen LogP contribution is 2.30. The number of anilines is 2. The third-order valence-electron chi connectivity index (χ3n) is 6.24. The molecule has 3 N–H and O–H groups in total. The van der Waals surface area contributed by atoms with E-state index in [1.54, 1.807) is 13.2 Å². The Bertz CT molecular complexity index is 1070. The number of nitrogens with zero attached hydrogens (tertiary/aromatic N) is 5. The Morgan fingerprint density at radius 3 is 2.54 bits per heavy atom. The van der Waals surface area contributed by atoms with E-state index in [1.807, 2.05) is 17.9 Å². The van der Waals surface area contributed by atoms with Crippen LogP contribution in [0.5, 0.6) is 6.01 Å². The van der Waals surface area contributed by atoms with E-state index in [4.69, 9.17) is 15.2 Å². The number of ether oxygens (including phenoxy) is 2. The summed E-state index contributed by atoms with van der Waals surface area (Å²) >= 11 is 0. The fraction of sp³-hybridized carbons (Fsp3) is 0.583. The second kappa shape index (κ2) is 10.9. The van der Waals surface area contributed by atoms with Crippen LogP contribution in [0.2, 0.25) is 0 Å². The van der Waals surface area contributed by atoms with Gasteiger partial charge < -0.3 is 25.4 Å². The number of aromatic nitrogens is 4. The van der Waals surface area contributed by atoms with E-state index in [9.17, 15) is 9.59 Å². The first-order valence-corrected chi connectivity index (χ1v) is 12.1. The number of methoxy groups -OCH3 is 1. The smallest absolute Gasteiger partial charge is 0.322 e. The van der Waals surface area contributed by atoms with Gasteiger partial charge in [0.1, 0.15) is 11.8 Å². The van der Waals surface area contributed by atoms with E-state index in [2.05, 4.69) is 25.3 Å². The lowest BCUT2D eigenvalue weighted by Gasteiger charge is -2.32. The summed E-state index contributed by atoms with van der Waals surface area (Å²) in [5.74, 6) is 0.706. The summed E-state index contributed by atoms with van der Waals surface area (Å²) < 4.78 is 10.9. The molecule has 11 nitrogen and oxygen atoms in total. The molecular formula is C24H33N7O4. The maximum atomic E-state index is 12.7. The zero-order chi connectivity index (χ0) is 24.9. The summed E-state index contributed by atoms with van der Waals surface area (Å²) in [5, 5.41) is 2.91. The summed E-state index contributed by atoms with van der Waals surface area (Å²) in [5.41, 5.74) is 7.47. The highest BCUT2D eigenvalue weighted by Gasteiger charge is 2.27. The number of ketones is 1. The van der Waals surface area contributed by atoms with Crippen molar-refractivity contribution in [2.45, 2.75) is 51.6 Å². The maximum absolute atomic E-state index is 12.7. The van der Waals surface area contributed by atoms with Gasteiger partial charge in [0.25, 0.3) is 5.91 Å². The molecule has 188 valence electrons. The molecule has 0 aromatic carbocycles. The fourth-order valence-electron chi connectivity index (χ4n) is 4.10. The van der Waals surface area contributed by atoms with E-state index in [0.29, 0.717) is 49.5 Å². The number of rotatable bonds is 10. The molecular weight excluding hydrogens is 450 g/mol. The van der Waals surface area contributed by atoms with Crippen LogP contribution in [0, 0.1) is 5.92 Å². The van der Waals surface area contributed by atoms with Crippen LogP contribution >= 0.6 is 0 Å². The van der Waals surface area contributed by atoms with E-state index in [0.717, 1.165) is 31.4 Å². The number of hydrogen-bond donors (Lipinski definition) is 2. The second-order valence-corrected chi connectivity index (χ2v) is 9.27. The Morgan fingerprint density at radius 1 is 1.14 bits per heavy atom. The predicted octanol–water partition coefficient (Wildman–Crippen LogP) is 1.99. The quantitative estimate of drug-likeness (QED) is 0.481. The molecule has 1 saturated heterocycles. The van der Waals surface area contributed by atoms with Gasteiger partial charge in [-0.1, -0.05) is 0 Å². The van der Waals surface area contributed by atoms with E-state index in [-0.39, 0.29) is 35.5 Å². The second-order valence-electron chi connectivity index (χ2n) is 9.27. The third kappa shape index (κ3) is 6.41. The van der Waals surface area contributed by atoms with Crippen molar-refractivity contribution in [3.63, 3.8) is 0 Å². The number of carbonyl (C=O) groups is 2. The van der Waals surface area contributed by atoms with E-state index in [1.165, 1.54) is 6.92 Å². The molecule has 11 heteroatoms. The molecule has 35 heavy (non-hydrogen) atoms. The summed E-state index contributed by atoms with van der Waals surface area (Å²) in [4.78, 5) is 44.3. The van der Waals surface area contributed by atoms with Crippen molar-refractivity contribution in [2.24, 2.45) is 5.92 Å². The summed E-state index contributed by atoms with van der Waals surface area (Å²) in [6.07, 6.45) is 3.57. The highest BCUT2D eigenvalue weighted by atomic mass is 16.5. The molecule has 2 fully saturated rings. The molecule has 1 aliphatic carbocycles. The SMILES string of the molecule is COC[C@@H](C)Oc1nc(C(=O)NCC2CC2)nc(N2CCC(c3ccc(N)c(C(C)=O)n3)CC2)n1. The number of pyridine rings is 1. The number of carbonyl (C=O) groups excluding carboxylic acids is 2. The molecule has 0 bridgehead atoms. The van der Waals surface area contributed by atoms with Crippen molar-refractivity contribution in [1.29, 1.82) is 0 Å². The summed E-state index contributed by atoms with van der Waals surface area (Å²) in [6.45, 7) is 5.63. The van der Waals surface area contributed by atoms with Crippen LogP contribution in [0.15, 0.2) is 12.1 Å². The zero-order valence-corrected chi connectivity index (χ0v) is 20.5. The molecule has 1 aliphatic heterocycles. The molecule has 1 atom stereocenters. The lowest BCUT2D eigenvalue weighted by Crippen LogP contribution is -2.36. The highest BCUT2D eigenvalue weighted by molar-refractivity contribution is 5.97. The third-order valence-corrected chi connectivity index (χ3v) is 6.24. The Labute approximate surface area is 204 Å². The van der Waals surface area contributed by atoms with Crippen molar-refractivity contribution >= 4 is 23.3 Å². The topological polar surface area (TPSA) is 145 Å². The number of Topliss-reactive ketones (excluding diaryl/α,β-unsaturated/α-hetero) is 1. The molecule has 4 rings (SSSR count). The van der Waals surface area contributed by atoms with Crippen molar-refractivity contribution in [2.75, 3.05) is 44.0 Å². The molecule has 3 heterocycles. The van der Waals surface area contributed by atoms with Crippen molar-refractivity contribution in [3.8, 4) is 6.01 Å². The molecule has 1 saturated carbocycles. The lowest BCUT2D eigenvalue weighted by molar-refractivity contribution is 0.0838. The Balaban J connectivity index is 1.49. The molecule has 2 aromatic rings. The fourth-order valence-corrected chi connectivity index (χ4v) is 4.10. The van der Waals surface area contributed by atoms with Crippen LogP contribution < -0.4 is 20.7 Å². The van der Waals surface area contributed by atoms with Crippen LogP contribution in [0.3, 0.4) is 0 Å². The minimum Gasteiger partial charge on any atom is -0.458 e. The average molecular weight is 484 g/mol. The van der Waals surface area contributed by atoms with Gasteiger partial charge in [-0.3, -0.25) is 9.59 Å². The molecule has 2 aromatic heterocycles. The van der Waals surface area contributed by atoms with E-state index >= 15 is 0 Å². The lowest BCUT2D eigenvalue weighted by atomic mass is 9.93. The molecule has 0 spiro atoms. The van der Waals surface area contributed by atoms with Crippen molar-refractivity contribution < 1.29 is 19.1 Å². The van der Waals surface area contributed by atoms with Gasteiger partial charge in [0.05, 0.1) is 12.3 Å². The van der Waals surface area contributed by atoms with E-state index < -0.39 is 0 Å². The van der Waals surface area contributed by atoms with Crippen LogP contribution in [0.25, 0.3) is 0 Å². The minimum absolute atomic E-state index is 0.0451. The monoisotopic (exact) mass is 483 g/mol. The van der Waals surface area contributed by atoms with Crippen molar-refractivity contribution in [1.82, 2.24) is 25.3 Å².